The molecule has 0 aromatic carbocycles. The first-order valence-corrected chi connectivity index (χ1v) is 4.88. The van der Waals surface area contributed by atoms with Gasteiger partial charge in [-0.1, -0.05) is 6.58 Å². The minimum absolute atomic E-state index is 0.559. The SMILES string of the molecule is C=C(N)C(C)=NC1=C(C)CN(C)CC1. The van der Waals surface area contributed by atoms with E-state index in [1.807, 2.05) is 6.92 Å². The molecule has 0 aromatic heterocycles. The molecule has 0 saturated carbocycles. The minimum Gasteiger partial charge on any atom is -0.398 e. The van der Waals surface area contributed by atoms with Gasteiger partial charge < -0.3 is 10.6 Å². The summed E-state index contributed by atoms with van der Waals surface area (Å²) in [7, 11) is 2.12. The molecule has 0 saturated heterocycles. The van der Waals surface area contributed by atoms with E-state index in [9.17, 15) is 0 Å². The summed E-state index contributed by atoms with van der Waals surface area (Å²) in [5, 5.41) is 0. The van der Waals surface area contributed by atoms with E-state index in [2.05, 4.69) is 30.4 Å². The maximum Gasteiger partial charge on any atom is 0.0598 e. The molecule has 1 heterocycles. The molecular weight excluding hydrogens is 174 g/mol. The molecule has 14 heavy (non-hydrogen) atoms. The van der Waals surface area contributed by atoms with Crippen molar-refractivity contribution in [3.05, 3.63) is 23.5 Å². The molecule has 0 aromatic rings. The van der Waals surface area contributed by atoms with E-state index >= 15 is 0 Å². The summed E-state index contributed by atoms with van der Waals surface area (Å²) in [6.07, 6.45) is 1.01. The van der Waals surface area contributed by atoms with Gasteiger partial charge in [0, 0.05) is 30.9 Å². The van der Waals surface area contributed by atoms with Gasteiger partial charge in [0.05, 0.1) is 5.71 Å². The van der Waals surface area contributed by atoms with E-state index in [0.29, 0.717) is 5.70 Å². The van der Waals surface area contributed by atoms with Crippen molar-refractivity contribution < 1.29 is 0 Å². The quantitative estimate of drug-likeness (QED) is 0.676. The van der Waals surface area contributed by atoms with E-state index in [-0.39, 0.29) is 0 Å². The standard InChI is InChI=1S/C11H19N3/c1-8-7-14(4)6-5-11(8)13-10(3)9(2)12/h2,5-7,12H2,1,3-4H3. The van der Waals surface area contributed by atoms with Crippen LogP contribution in [0, 0.1) is 0 Å². The molecule has 0 amide bonds. The van der Waals surface area contributed by atoms with Crippen molar-refractivity contribution in [1.82, 2.24) is 4.90 Å². The number of nitrogens with two attached hydrogens (primary N) is 1. The second-order valence-electron chi connectivity index (χ2n) is 3.94. The van der Waals surface area contributed by atoms with Crippen LogP contribution in [0.3, 0.4) is 0 Å². The highest BCUT2D eigenvalue weighted by molar-refractivity contribution is 5.97. The Balaban J connectivity index is 2.83. The first kappa shape index (κ1) is 11.0. The van der Waals surface area contributed by atoms with E-state index in [1.165, 1.54) is 11.3 Å². The molecular formula is C11H19N3. The van der Waals surface area contributed by atoms with Crippen molar-refractivity contribution in [2.24, 2.45) is 10.7 Å². The van der Waals surface area contributed by atoms with Gasteiger partial charge in [-0.05, 0) is 26.5 Å². The van der Waals surface area contributed by atoms with Crippen molar-refractivity contribution in [3.63, 3.8) is 0 Å². The average Bonchev–Trinajstić information content (AvgIpc) is 2.09. The Hall–Kier alpha value is -1.09. The Bertz CT molecular complexity index is 300. The fourth-order valence-electron chi connectivity index (χ4n) is 1.51. The van der Waals surface area contributed by atoms with Crippen LogP contribution >= 0.6 is 0 Å². The number of aliphatic imine (C=N–C) groups is 1. The van der Waals surface area contributed by atoms with Crippen LogP contribution in [0.5, 0.6) is 0 Å². The monoisotopic (exact) mass is 193 g/mol. The molecule has 0 radical (unpaired) electrons. The van der Waals surface area contributed by atoms with Gasteiger partial charge in [0.1, 0.15) is 0 Å². The Labute approximate surface area is 86.0 Å². The van der Waals surface area contributed by atoms with E-state index < -0.39 is 0 Å². The summed E-state index contributed by atoms with van der Waals surface area (Å²) < 4.78 is 0. The number of hydrogen-bond donors (Lipinski definition) is 1. The summed E-state index contributed by atoms with van der Waals surface area (Å²) in [4.78, 5) is 6.79. The number of nitrogens with zero attached hydrogens (tertiary/aromatic N) is 2. The first-order valence-electron chi connectivity index (χ1n) is 4.88. The number of allylic oxidation sites excluding steroid dienone is 1. The van der Waals surface area contributed by atoms with E-state index in [4.69, 9.17) is 5.73 Å². The third kappa shape index (κ3) is 2.70. The Morgan fingerprint density at radius 3 is 2.71 bits per heavy atom. The van der Waals surface area contributed by atoms with E-state index in [0.717, 1.165) is 25.2 Å². The number of rotatable bonds is 2. The second kappa shape index (κ2) is 4.42. The summed E-state index contributed by atoms with van der Waals surface area (Å²) in [6.45, 7) is 9.78. The normalized spacial score (nSPS) is 20.1. The minimum atomic E-state index is 0.559. The van der Waals surface area contributed by atoms with Gasteiger partial charge in [-0.25, -0.2) is 0 Å². The second-order valence-corrected chi connectivity index (χ2v) is 3.94. The lowest BCUT2D eigenvalue weighted by Gasteiger charge is -2.24. The molecule has 3 nitrogen and oxygen atoms in total. The molecule has 0 unspecified atom stereocenters. The van der Waals surface area contributed by atoms with Crippen LogP contribution in [0.15, 0.2) is 28.5 Å². The zero-order valence-electron chi connectivity index (χ0n) is 9.30. The molecule has 0 atom stereocenters. The van der Waals surface area contributed by atoms with Gasteiger partial charge in [-0.2, -0.15) is 0 Å². The zero-order valence-corrected chi connectivity index (χ0v) is 9.30. The van der Waals surface area contributed by atoms with Crippen molar-refractivity contribution >= 4 is 5.71 Å². The zero-order chi connectivity index (χ0) is 10.7. The molecule has 2 N–H and O–H groups in total. The molecule has 1 aliphatic heterocycles. The van der Waals surface area contributed by atoms with Crippen LogP contribution in [0.1, 0.15) is 20.3 Å². The highest BCUT2D eigenvalue weighted by Crippen LogP contribution is 2.17. The summed E-state index contributed by atoms with van der Waals surface area (Å²) >= 11 is 0. The average molecular weight is 193 g/mol. The van der Waals surface area contributed by atoms with Gasteiger partial charge in [-0.15, -0.1) is 0 Å². The maximum absolute atomic E-state index is 5.57. The van der Waals surface area contributed by atoms with Crippen LogP contribution in [-0.2, 0) is 0 Å². The van der Waals surface area contributed by atoms with Crippen molar-refractivity contribution in [2.75, 3.05) is 20.1 Å². The van der Waals surface area contributed by atoms with Gasteiger partial charge in [-0.3, -0.25) is 4.99 Å². The van der Waals surface area contributed by atoms with Gasteiger partial charge in [0.25, 0.3) is 0 Å². The lowest BCUT2D eigenvalue weighted by molar-refractivity contribution is 0.347. The lowest BCUT2D eigenvalue weighted by atomic mass is 10.1. The van der Waals surface area contributed by atoms with Crippen LogP contribution in [0.2, 0.25) is 0 Å². The van der Waals surface area contributed by atoms with E-state index in [1.54, 1.807) is 0 Å². The highest BCUT2D eigenvalue weighted by Gasteiger charge is 2.12. The largest absolute Gasteiger partial charge is 0.398 e. The fraction of sp³-hybridized carbons (Fsp3) is 0.545. The molecule has 3 heteroatoms. The van der Waals surface area contributed by atoms with Crippen LogP contribution in [0.25, 0.3) is 0 Å². The fourth-order valence-corrected chi connectivity index (χ4v) is 1.51. The molecule has 1 rings (SSSR count). The van der Waals surface area contributed by atoms with Crippen molar-refractivity contribution in [1.29, 1.82) is 0 Å². The summed E-state index contributed by atoms with van der Waals surface area (Å²) in [5.41, 5.74) is 9.47. The Kier molecular flexibility index (Phi) is 3.47. The third-order valence-electron chi connectivity index (χ3n) is 2.50. The van der Waals surface area contributed by atoms with Gasteiger partial charge >= 0.3 is 0 Å². The topological polar surface area (TPSA) is 41.6 Å². The van der Waals surface area contributed by atoms with Crippen LogP contribution < -0.4 is 5.73 Å². The van der Waals surface area contributed by atoms with Gasteiger partial charge in [0.2, 0.25) is 0 Å². The van der Waals surface area contributed by atoms with Crippen LogP contribution in [-0.4, -0.2) is 30.7 Å². The number of likely N-dealkylation sites (N-methyl/N-ethyl adjacent to an activating group) is 1. The van der Waals surface area contributed by atoms with Crippen molar-refractivity contribution in [3.8, 4) is 0 Å². The summed E-state index contributed by atoms with van der Waals surface area (Å²) in [5.74, 6) is 0. The maximum atomic E-state index is 5.57. The molecule has 1 aliphatic rings. The molecule has 0 fully saturated rings. The first-order chi connectivity index (χ1) is 6.50. The summed E-state index contributed by atoms with van der Waals surface area (Å²) in [6, 6.07) is 0. The Morgan fingerprint density at radius 1 is 1.57 bits per heavy atom. The number of hydrogen-bond acceptors (Lipinski definition) is 3. The predicted octanol–water partition coefficient (Wildman–Crippen LogP) is 1.53. The molecule has 0 aliphatic carbocycles. The lowest BCUT2D eigenvalue weighted by Crippen LogP contribution is -2.27. The van der Waals surface area contributed by atoms with Crippen molar-refractivity contribution in [2.45, 2.75) is 20.3 Å². The predicted molar refractivity (Wildman–Crippen MR) is 61.3 cm³/mol. The third-order valence-corrected chi connectivity index (χ3v) is 2.50. The smallest absolute Gasteiger partial charge is 0.0598 e. The highest BCUT2D eigenvalue weighted by atomic mass is 15.1. The van der Waals surface area contributed by atoms with Crippen LogP contribution in [0.4, 0.5) is 0 Å². The van der Waals surface area contributed by atoms with Gasteiger partial charge in [0.15, 0.2) is 0 Å². The molecule has 78 valence electrons. The Morgan fingerprint density at radius 2 is 2.21 bits per heavy atom. The molecule has 0 bridgehead atoms. The molecule has 0 spiro atoms.